The van der Waals surface area contributed by atoms with Crippen LogP contribution in [0, 0.1) is 11.3 Å². The second kappa shape index (κ2) is 9.94. The molecular formula is C24H20N2O5. The van der Waals surface area contributed by atoms with Crippen LogP contribution in [0.4, 0.5) is 5.69 Å². The number of nitrogens with zero attached hydrogens (tertiary/aromatic N) is 1. The van der Waals surface area contributed by atoms with Crippen molar-refractivity contribution in [1.82, 2.24) is 0 Å². The van der Waals surface area contributed by atoms with Gasteiger partial charge in [0.15, 0.2) is 18.1 Å². The average Bonchev–Trinajstić information content (AvgIpc) is 2.82. The Labute approximate surface area is 179 Å². The van der Waals surface area contributed by atoms with E-state index in [0.29, 0.717) is 33.9 Å². The third kappa shape index (κ3) is 5.00. The highest BCUT2D eigenvalue weighted by Crippen LogP contribution is 2.30. The lowest BCUT2D eigenvalue weighted by atomic mass is 9.96. The largest absolute Gasteiger partial charge is 0.493 e. The predicted molar refractivity (Wildman–Crippen MR) is 115 cm³/mol. The summed E-state index contributed by atoms with van der Waals surface area (Å²) in [5, 5.41) is 12.0. The minimum atomic E-state index is -0.661. The summed E-state index contributed by atoms with van der Waals surface area (Å²) in [6.07, 6.45) is 0. The van der Waals surface area contributed by atoms with E-state index in [9.17, 15) is 14.9 Å². The van der Waals surface area contributed by atoms with Gasteiger partial charge in [-0.25, -0.2) is 4.79 Å². The number of ether oxygens (including phenoxy) is 3. The molecule has 0 saturated heterocycles. The molecule has 7 nitrogen and oxygen atoms in total. The summed E-state index contributed by atoms with van der Waals surface area (Å²) in [6, 6.07) is 20.8. The Hall–Kier alpha value is -4.31. The summed E-state index contributed by atoms with van der Waals surface area (Å²) in [4.78, 5) is 24.9. The molecule has 1 amide bonds. The molecule has 156 valence electrons. The zero-order valence-corrected chi connectivity index (χ0v) is 17.0. The lowest BCUT2D eigenvalue weighted by Gasteiger charge is -2.12. The van der Waals surface area contributed by atoms with Crippen LogP contribution in [-0.4, -0.2) is 32.7 Å². The van der Waals surface area contributed by atoms with E-state index in [-0.39, 0.29) is 5.56 Å². The number of carbonyl (C=O) groups is 2. The molecule has 0 saturated carbocycles. The standard InChI is InChI=1S/C24H20N2O5/c1-29-21-12-11-17(13-22(21)30-2)26-23(27)15-31-24(28)20-10-6-5-9-19(20)18-8-4-3-7-16(18)14-25/h3-13H,15H2,1-2H3,(H,26,27). The van der Waals surface area contributed by atoms with Crippen molar-refractivity contribution in [2.24, 2.45) is 0 Å². The van der Waals surface area contributed by atoms with Crippen molar-refractivity contribution in [1.29, 1.82) is 5.26 Å². The second-order valence-electron chi connectivity index (χ2n) is 6.40. The van der Waals surface area contributed by atoms with Gasteiger partial charge >= 0.3 is 5.97 Å². The molecule has 7 heteroatoms. The van der Waals surface area contributed by atoms with E-state index in [1.807, 2.05) is 0 Å². The van der Waals surface area contributed by atoms with Gasteiger partial charge in [0, 0.05) is 17.3 Å². The Bertz CT molecular complexity index is 1150. The van der Waals surface area contributed by atoms with Crippen LogP contribution in [0.5, 0.6) is 11.5 Å². The smallest absolute Gasteiger partial charge is 0.339 e. The van der Waals surface area contributed by atoms with Crippen molar-refractivity contribution in [2.75, 3.05) is 26.1 Å². The van der Waals surface area contributed by atoms with E-state index in [1.165, 1.54) is 14.2 Å². The van der Waals surface area contributed by atoms with Crippen molar-refractivity contribution >= 4 is 17.6 Å². The molecule has 31 heavy (non-hydrogen) atoms. The first-order chi connectivity index (χ1) is 15.1. The lowest BCUT2D eigenvalue weighted by Crippen LogP contribution is -2.21. The highest BCUT2D eigenvalue weighted by atomic mass is 16.5. The van der Waals surface area contributed by atoms with E-state index >= 15 is 0 Å². The molecule has 3 aromatic carbocycles. The number of nitrogens with one attached hydrogen (secondary N) is 1. The molecule has 0 fully saturated rings. The quantitative estimate of drug-likeness (QED) is 0.584. The minimum absolute atomic E-state index is 0.268. The van der Waals surface area contributed by atoms with E-state index in [2.05, 4.69) is 11.4 Å². The summed E-state index contributed by atoms with van der Waals surface area (Å²) >= 11 is 0. The number of carbonyl (C=O) groups excluding carboxylic acids is 2. The molecule has 0 atom stereocenters. The fraction of sp³-hybridized carbons (Fsp3) is 0.125. The molecular weight excluding hydrogens is 396 g/mol. The fourth-order valence-electron chi connectivity index (χ4n) is 3.03. The summed E-state index contributed by atoms with van der Waals surface area (Å²) in [6.45, 7) is -0.471. The summed E-state index contributed by atoms with van der Waals surface area (Å²) < 4.78 is 15.6. The first-order valence-electron chi connectivity index (χ1n) is 9.35. The van der Waals surface area contributed by atoms with Crippen LogP contribution < -0.4 is 14.8 Å². The SMILES string of the molecule is COc1ccc(NC(=O)COC(=O)c2ccccc2-c2ccccc2C#N)cc1OC. The molecule has 3 aromatic rings. The van der Waals surface area contributed by atoms with Crippen molar-refractivity contribution in [3.8, 4) is 28.7 Å². The Morgan fingerprint density at radius 3 is 2.29 bits per heavy atom. The zero-order chi connectivity index (χ0) is 22.2. The molecule has 0 aliphatic rings. The molecule has 0 radical (unpaired) electrons. The third-order valence-corrected chi connectivity index (χ3v) is 4.49. The highest BCUT2D eigenvalue weighted by molar-refractivity contribution is 6.00. The van der Waals surface area contributed by atoms with Gasteiger partial charge in [0.25, 0.3) is 5.91 Å². The lowest BCUT2D eigenvalue weighted by molar-refractivity contribution is -0.119. The predicted octanol–water partition coefficient (Wildman–Crippen LogP) is 4.04. The Balaban J connectivity index is 1.71. The zero-order valence-electron chi connectivity index (χ0n) is 17.0. The number of hydrogen-bond donors (Lipinski definition) is 1. The van der Waals surface area contributed by atoms with Crippen LogP contribution in [-0.2, 0) is 9.53 Å². The van der Waals surface area contributed by atoms with Crippen LogP contribution in [0.1, 0.15) is 15.9 Å². The van der Waals surface area contributed by atoms with Crippen LogP contribution in [0.2, 0.25) is 0 Å². The summed E-state index contributed by atoms with van der Waals surface area (Å²) in [5.74, 6) is -0.176. The number of benzene rings is 3. The molecule has 0 bridgehead atoms. The van der Waals surface area contributed by atoms with Gasteiger partial charge in [0.1, 0.15) is 0 Å². The maximum Gasteiger partial charge on any atom is 0.339 e. The van der Waals surface area contributed by atoms with Crippen molar-refractivity contribution < 1.29 is 23.8 Å². The van der Waals surface area contributed by atoms with Crippen molar-refractivity contribution in [3.63, 3.8) is 0 Å². The minimum Gasteiger partial charge on any atom is -0.493 e. The summed E-state index contributed by atoms with van der Waals surface area (Å²) in [7, 11) is 3.01. The maximum atomic E-state index is 12.7. The van der Waals surface area contributed by atoms with E-state index in [1.54, 1.807) is 66.7 Å². The van der Waals surface area contributed by atoms with Gasteiger partial charge in [-0.2, -0.15) is 5.26 Å². The van der Waals surface area contributed by atoms with Gasteiger partial charge in [0.05, 0.1) is 31.4 Å². The van der Waals surface area contributed by atoms with E-state index in [0.717, 1.165) is 0 Å². The van der Waals surface area contributed by atoms with E-state index < -0.39 is 18.5 Å². The molecule has 0 heterocycles. The maximum absolute atomic E-state index is 12.7. The van der Waals surface area contributed by atoms with Crippen LogP contribution in [0.15, 0.2) is 66.7 Å². The monoisotopic (exact) mass is 416 g/mol. The number of methoxy groups -OCH3 is 2. The first-order valence-corrected chi connectivity index (χ1v) is 9.35. The number of nitriles is 1. The van der Waals surface area contributed by atoms with E-state index in [4.69, 9.17) is 14.2 Å². The highest BCUT2D eigenvalue weighted by Gasteiger charge is 2.17. The van der Waals surface area contributed by atoms with Crippen LogP contribution >= 0.6 is 0 Å². The van der Waals surface area contributed by atoms with Crippen molar-refractivity contribution in [3.05, 3.63) is 77.9 Å². The van der Waals surface area contributed by atoms with Crippen LogP contribution in [0.3, 0.4) is 0 Å². The topological polar surface area (TPSA) is 97.6 Å². The number of amides is 1. The molecule has 3 rings (SSSR count). The van der Waals surface area contributed by atoms with Gasteiger partial charge in [0.2, 0.25) is 0 Å². The molecule has 0 aliphatic heterocycles. The number of rotatable bonds is 7. The molecule has 1 N–H and O–H groups in total. The molecule has 0 spiro atoms. The Kier molecular flexibility index (Phi) is 6.86. The van der Waals surface area contributed by atoms with Crippen LogP contribution in [0.25, 0.3) is 11.1 Å². The normalized spacial score (nSPS) is 9.97. The van der Waals surface area contributed by atoms with Gasteiger partial charge in [-0.3, -0.25) is 4.79 Å². The Morgan fingerprint density at radius 2 is 1.58 bits per heavy atom. The van der Waals surface area contributed by atoms with Gasteiger partial charge < -0.3 is 19.5 Å². The van der Waals surface area contributed by atoms with Crippen molar-refractivity contribution in [2.45, 2.75) is 0 Å². The summed E-state index contributed by atoms with van der Waals surface area (Å²) in [5.41, 5.74) is 2.36. The number of anilines is 1. The van der Waals surface area contributed by atoms with Gasteiger partial charge in [-0.1, -0.05) is 36.4 Å². The van der Waals surface area contributed by atoms with Gasteiger partial charge in [-0.05, 0) is 29.8 Å². The molecule has 0 unspecified atom stereocenters. The number of esters is 1. The van der Waals surface area contributed by atoms with Gasteiger partial charge in [-0.15, -0.1) is 0 Å². The first kappa shape index (κ1) is 21.4. The average molecular weight is 416 g/mol. The number of hydrogen-bond acceptors (Lipinski definition) is 6. The molecule has 0 aromatic heterocycles. The molecule has 0 aliphatic carbocycles. The fourth-order valence-corrected chi connectivity index (χ4v) is 3.03. The Morgan fingerprint density at radius 1 is 0.903 bits per heavy atom. The third-order valence-electron chi connectivity index (χ3n) is 4.49. The second-order valence-corrected chi connectivity index (χ2v) is 6.40.